The van der Waals surface area contributed by atoms with Gasteiger partial charge in [0, 0.05) is 11.8 Å². The largest absolute Gasteiger partial charge is 0.480 e. The molecule has 0 aliphatic carbocycles. The molecule has 0 aliphatic rings. The number of aromatic nitrogens is 3. The van der Waals surface area contributed by atoms with Crippen LogP contribution in [-0.4, -0.2) is 27.8 Å². The highest BCUT2D eigenvalue weighted by Crippen LogP contribution is 2.18. The fraction of sp³-hybridized carbons (Fsp3) is 0.118. The highest BCUT2D eigenvalue weighted by atomic mass is 16.5. The van der Waals surface area contributed by atoms with Crippen LogP contribution in [0.5, 0.6) is 5.88 Å². The van der Waals surface area contributed by atoms with Crippen LogP contribution >= 0.6 is 0 Å². The number of carbonyl (C=O) groups excluding carboxylic acids is 1. The molecule has 1 aromatic carbocycles. The molecule has 0 saturated heterocycles. The van der Waals surface area contributed by atoms with Crippen molar-refractivity contribution in [1.82, 2.24) is 14.8 Å². The molecule has 2 heterocycles. The highest BCUT2D eigenvalue weighted by molar-refractivity contribution is 6.03. The maximum Gasteiger partial charge on any atom is 0.275 e. The Balaban J connectivity index is 1.95. The summed E-state index contributed by atoms with van der Waals surface area (Å²) in [5.41, 5.74) is 1.98. The number of rotatable bonds is 4. The molecule has 0 radical (unpaired) electrons. The number of carbonyl (C=O) groups is 1. The quantitative estimate of drug-likeness (QED) is 0.804. The third-order valence-electron chi connectivity index (χ3n) is 3.26. The van der Waals surface area contributed by atoms with E-state index in [9.17, 15) is 4.79 Å². The van der Waals surface area contributed by atoms with E-state index in [1.807, 2.05) is 49.4 Å². The van der Waals surface area contributed by atoms with Gasteiger partial charge in [0.05, 0.1) is 12.8 Å². The number of nitrogens with one attached hydrogen (secondary N) is 1. The molecular formula is C17H16N4O2. The van der Waals surface area contributed by atoms with Crippen molar-refractivity contribution in [3.05, 3.63) is 66.0 Å². The fourth-order valence-electron chi connectivity index (χ4n) is 2.18. The minimum Gasteiger partial charge on any atom is -0.480 e. The van der Waals surface area contributed by atoms with Gasteiger partial charge >= 0.3 is 0 Å². The van der Waals surface area contributed by atoms with E-state index >= 15 is 0 Å². The second kappa shape index (κ2) is 6.31. The lowest BCUT2D eigenvalue weighted by molar-refractivity contribution is 0.101. The van der Waals surface area contributed by atoms with E-state index in [-0.39, 0.29) is 5.91 Å². The molecule has 0 unspecified atom stereocenters. The number of hydrogen-bond donors (Lipinski definition) is 1. The summed E-state index contributed by atoms with van der Waals surface area (Å²) in [7, 11) is 1.52. The number of pyridine rings is 1. The standard InChI is InChI=1S/C17H16N4O2/c1-12-7-6-10-15(18-12)19-17(22)14-11-16(23-2)20-21(14)13-8-4-3-5-9-13/h3-11H,1-2H3,(H,18,19,22). The molecule has 1 N–H and O–H groups in total. The second-order valence-electron chi connectivity index (χ2n) is 4.94. The molecule has 3 rings (SSSR count). The first kappa shape index (κ1) is 14.8. The number of benzene rings is 1. The monoisotopic (exact) mass is 308 g/mol. The van der Waals surface area contributed by atoms with Crippen LogP contribution < -0.4 is 10.1 Å². The summed E-state index contributed by atoms with van der Waals surface area (Å²) < 4.78 is 6.69. The van der Waals surface area contributed by atoms with Gasteiger partial charge in [-0.2, -0.15) is 0 Å². The maximum atomic E-state index is 12.6. The summed E-state index contributed by atoms with van der Waals surface area (Å²) in [5, 5.41) is 7.07. The molecule has 23 heavy (non-hydrogen) atoms. The molecule has 2 aromatic heterocycles. The zero-order valence-electron chi connectivity index (χ0n) is 12.9. The maximum absolute atomic E-state index is 12.6. The molecule has 0 fully saturated rings. The lowest BCUT2D eigenvalue weighted by Gasteiger charge is -2.08. The highest BCUT2D eigenvalue weighted by Gasteiger charge is 2.17. The van der Waals surface area contributed by atoms with Gasteiger partial charge in [0.15, 0.2) is 0 Å². The number of aryl methyl sites for hydroxylation is 1. The first-order valence-corrected chi connectivity index (χ1v) is 7.12. The van der Waals surface area contributed by atoms with Gasteiger partial charge in [-0.3, -0.25) is 4.79 Å². The molecule has 3 aromatic rings. The number of anilines is 1. The van der Waals surface area contributed by atoms with Gasteiger partial charge in [0.25, 0.3) is 5.91 Å². The summed E-state index contributed by atoms with van der Waals surface area (Å²) >= 11 is 0. The minimum atomic E-state index is -0.303. The van der Waals surface area contributed by atoms with Gasteiger partial charge in [-0.15, -0.1) is 5.10 Å². The smallest absolute Gasteiger partial charge is 0.275 e. The molecule has 6 nitrogen and oxygen atoms in total. The van der Waals surface area contributed by atoms with Crippen molar-refractivity contribution in [2.45, 2.75) is 6.92 Å². The van der Waals surface area contributed by atoms with Crippen molar-refractivity contribution in [2.75, 3.05) is 12.4 Å². The second-order valence-corrected chi connectivity index (χ2v) is 4.94. The van der Waals surface area contributed by atoms with Crippen molar-refractivity contribution in [1.29, 1.82) is 0 Å². The van der Waals surface area contributed by atoms with Crippen LogP contribution in [0.2, 0.25) is 0 Å². The summed E-state index contributed by atoms with van der Waals surface area (Å²) in [5.74, 6) is 0.564. The first-order chi connectivity index (χ1) is 11.2. The number of ether oxygens (including phenoxy) is 1. The average molecular weight is 308 g/mol. The van der Waals surface area contributed by atoms with Crippen LogP contribution in [0.1, 0.15) is 16.2 Å². The SMILES string of the molecule is COc1cc(C(=O)Nc2cccc(C)n2)n(-c2ccccc2)n1. The lowest BCUT2D eigenvalue weighted by Crippen LogP contribution is -2.17. The van der Waals surface area contributed by atoms with Gasteiger partial charge in [-0.05, 0) is 31.2 Å². The Kier molecular flexibility index (Phi) is 4.05. The van der Waals surface area contributed by atoms with E-state index in [1.165, 1.54) is 7.11 Å². The predicted molar refractivity (Wildman–Crippen MR) is 87.0 cm³/mol. The Labute approximate surface area is 133 Å². The Morgan fingerprint density at radius 2 is 1.91 bits per heavy atom. The van der Waals surface area contributed by atoms with Crippen molar-refractivity contribution in [3.8, 4) is 11.6 Å². The molecular weight excluding hydrogens is 292 g/mol. The van der Waals surface area contributed by atoms with Crippen molar-refractivity contribution < 1.29 is 9.53 Å². The van der Waals surface area contributed by atoms with E-state index in [4.69, 9.17) is 4.74 Å². The van der Waals surface area contributed by atoms with E-state index in [1.54, 1.807) is 16.8 Å². The molecule has 0 saturated carbocycles. The molecule has 0 spiro atoms. The third kappa shape index (κ3) is 3.21. The van der Waals surface area contributed by atoms with Crippen molar-refractivity contribution >= 4 is 11.7 Å². The summed E-state index contributed by atoms with van der Waals surface area (Å²) in [6.45, 7) is 1.87. The van der Waals surface area contributed by atoms with E-state index < -0.39 is 0 Å². The Morgan fingerprint density at radius 3 is 2.61 bits per heavy atom. The number of methoxy groups -OCH3 is 1. The van der Waals surface area contributed by atoms with Gasteiger partial charge in [-0.25, -0.2) is 9.67 Å². The van der Waals surface area contributed by atoms with Gasteiger partial charge < -0.3 is 10.1 Å². The van der Waals surface area contributed by atoms with Crippen LogP contribution in [0.3, 0.4) is 0 Å². The van der Waals surface area contributed by atoms with Gasteiger partial charge in [0.1, 0.15) is 11.5 Å². The van der Waals surface area contributed by atoms with Crippen LogP contribution in [0.15, 0.2) is 54.6 Å². The minimum absolute atomic E-state index is 0.303. The molecule has 116 valence electrons. The molecule has 6 heteroatoms. The van der Waals surface area contributed by atoms with Crippen LogP contribution in [0.25, 0.3) is 5.69 Å². The van der Waals surface area contributed by atoms with Crippen molar-refractivity contribution in [3.63, 3.8) is 0 Å². The molecule has 1 amide bonds. The van der Waals surface area contributed by atoms with E-state index in [0.717, 1.165) is 11.4 Å². The Bertz CT molecular complexity index is 828. The van der Waals surface area contributed by atoms with Gasteiger partial charge in [0.2, 0.25) is 5.88 Å². The average Bonchev–Trinajstić information content (AvgIpc) is 3.00. The fourth-order valence-corrected chi connectivity index (χ4v) is 2.18. The Morgan fingerprint density at radius 1 is 1.13 bits per heavy atom. The summed E-state index contributed by atoms with van der Waals surface area (Å²) in [6, 6.07) is 16.5. The number of hydrogen-bond acceptors (Lipinski definition) is 4. The summed E-state index contributed by atoms with van der Waals surface area (Å²) in [6.07, 6.45) is 0. The van der Waals surface area contributed by atoms with E-state index in [2.05, 4.69) is 15.4 Å². The van der Waals surface area contributed by atoms with E-state index in [0.29, 0.717) is 17.4 Å². The number of para-hydroxylation sites is 1. The molecule has 0 bridgehead atoms. The van der Waals surface area contributed by atoms with Crippen LogP contribution in [0, 0.1) is 6.92 Å². The van der Waals surface area contributed by atoms with Gasteiger partial charge in [-0.1, -0.05) is 24.3 Å². The topological polar surface area (TPSA) is 69.0 Å². The number of nitrogens with zero attached hydrogens (tertiary/aromatic N) is 3. The Hall–Kier alpha value is -3.15. The van der Waals surface area contributed by atoms with Crippen LogP contribution in [-0.2, 0) is 0 Å². The first-order valence-electron chi connectivity index (χ1n) is 7.12. The predicted octanol–water partition coefficient (Wildman–Crippen LogP) is 2.84. The molecule has 0 atom stereocenters. The normalized spacial score (nSPS) is 10.3. The zero-order valence-corrected chi connectivity index (χ0v) is 12.9. The van der Waals surface area contributed by atoms with Crippen LogP contribution in [0.4, 0.5) is 5.82 Å². The van der Waals surface area contributed by atoms with Crippen molar-refractivity contribution in [2.24, 2.45) is 0 Å². The lowest BCUT2D eigenvalue weighted by atomic mass is 10.3. The third-order valence-corrected chi connectivity index (χ3v) is 3.26. The molecule has 0 aliphatic heterocycles. The number of amides is 1. The zero-order chi connectivity index (χ0) is 16.2. The summed E-state index contributed by atoms with van der Waals surface area (Å²) in [4.78, 5) is 16.9.